The summed E-state index contributed by atoms with van der Waals surface area (Å²) in [4.78, 5) is 8.61. The van der Waals surface area contributed by atoms with Crippen molar-refractivity contribution < 1.29 is 12.9 Å². The van der Waals surface area contributed by atoms with E-state index in [1.807, 2.05) is 0 Å². The Morgan fingerprint density at radius 2 is 1.90 bits per heavy atom. The number of hydrogen-bond acceptors (Lipinski definition) is 6. The minimum atomic E-state index is -3.41. The molecule has 9 nitrogen and oxygen atoms in total. The number of guanidine groups is 1. The van der Waals surface area contributed by atoms with Crippen LogP contribution < -0.4 is 5.32 Å². The van der Waals surface area contributed by atoms with Crippen molar-refractivity contribution in [1.29, 1.82) is 0 Å². The second kappa shape index (κ2) is 11.8. The maximum Gasteiger partial charge on any atom is 0.220 e. The van der Waals surface area contributed by atoms with E-state index in [4.69, 9.17) is 4.52 Å². The molecule has 0 saturated carbocycles. The van der Waals surface area contributed by atoms with E-state index in [0.717, 1.165) is 12.5 Å². The first kappa shape index (κ1) is 25.6. The van der Waals surface area contributed by atoms with Gasteiger partial charge in [0.05, 0.1) is 5.69 Å². The zero-order valence-electron chi connectivity index (χ0n) is 18.2. The fourth-order valence-corrected chi connectivity index (χ4v) is 4.91. The van der Waals surface area contributed by atoms with Crippen molar-refractivity contribution in [3.63, 3.8) is 0 Å². The van der Waals surface area contributed by atoms with Gasteiger partial charge in [0.25, 0.3) is 0 Å². The molecule has 1 aromatic heterocycles. The number of nitrogens with zero attached hydrogens (tertiary/aromatic N) is 5. The van der Waals surface area contributed by atoms with E-state index >= 15 is 0 Å². The lowest BCUT2D eigenvalue weighted by atomic mass is 10.1. The number of hydrogen-bond donors (Lipinski definition) is 1. The Bertz CT molecular complexity index is 942. The van der Waals surface area contributed by atoms with Crippen molar-refractivity contribution in [2.24, 2.45) is 4.99 Å². The molecule has 2 heterocycles. The van der Waals surface area contributed by atoms with E-state index in [-0.39, 0.29) is 29.7 Å². The Hall–Kier alpha value is -1.70. The fourth-order valence-electron chi connectivity index (χ4n) is 3.48. The highest BCUT2D eigenvalue weighted by Crippen LogP contribution is 2.13. The van der Waals surface area contributed by atoms with Crippen molar-refractivity contribution >= 4 is 40.0 Å². The van der Waals surface area contributed by atoms with Crippen molar-refractivity contribution in [3.05, 3.63) is 53.4 Å². The molecular formula is C20H31IN6O3S. The van der Waals surface area contributed by atoms with Gasteiger partial charge in [0.1, 0.15) is 12.0 Å². The molecule has 31 heavy (non-hydrogen) atoms. The van der Waals surface area contributed by atoms with Crippen LogP contribution in [0.5, 0.6) is 0 Å². The zero-order chi connectivity index (χ0) is 21.6. The summed E-state index contributed by atoms with van der Waals surface area (Å²) >= 11 is 0. The Morgan fingerprint density at radius 3 is 2.52 bits per heavy atom. The molecular weight excluding hydrogens is 531 g/mol. The van der Waals surface area contributed by atoms with Gasteiger partial charge in [0.2, 0.25) is 10.0 Å². The fraction of sp³-hybridized carbons (Fsp3) is 0.500. The van der Waals surface area contributed by atoms with Crippen LogP contribution in [0, 0.1) is 0 Å². The molecule has 1 aliphatic heterocycles. The third-order valence-corrected chi connectivity index (χ3v) is 6.72. The summed E-state index contributed by atoms with van der Waals surface area (Å²) in [6, 6.07) is 10.0. The second-order valence-electron chi connectivity index (χ2n) is 7.59. The van der Waals surface area contributed by atoms with E-state index in [2.05, 4.69) is 63.6 Å². The van der Waals surface area contributed by atoms with Crippen LogP contribution in [0.2, 0.25) is 0 Å². The van der Waals surface area contributed by atoms with Crippen LogP contribution in [0.15, 0.2) is 46.1 Å². The molecule has 0 spiro atoms. The van der Waals surface area contributed by atoms with Crippen LogP contribution in [0.4, 0.5) is 0 Å². The number of rotatable bonds is 7. The van der Waals surface area contributed by atoms with Gasteiger partial charge in [0, 0.05) is 52.4 Å². The molecule has 1 fully saturated rings. The largest absolute Gasteiger partial charge is 0.364 e. The first-order valence-corrected chi connectivity index (χ1v) is 11.5. The highest BCUT2D eigenvalue weighted by molar-refractivity contribution is 14.0. The van der Waals surface area contributed by atoms with Gasteiger partial charge in [0.15, 0.2) is 5.96 Å². The third kappa shape index (κ3) is 7.44. The minimum absolute atomic E-state index is 0. The number of aromatic nitrogens is 1. The summed E-state index contributed by atoms with van der Waals surface area (Å²) in [5, 5.41) is 7.10. The van der Waals surface area contributed by atoms with Crippen LogP contribution in [0.25, 0.3) is 0 Å². The number of nitrogens with one attached hydrogen (secondary N) is 1. The topological polar surface area (TPSA) is 94.3 Å². The van der Waals surface area contributed by atoms with Crippen molar-refractivity contribution in [2.45, 2.75) is 18.8 Å². The lowest BCUT2D eigenvalue weighted by molar-refractivity contribution is 0.259. The van der Waals surface area contributed by atoms with Crippen LogP contribution in [0.3, 0.4) is 0 Å². The van der Waals surface area contributed by atoms with Crippen molar-refractivity contribution in [3.8, 4) is 0 Å². The second-order valence-corrected chi connectivity index (χ2v) is 9.56. The molecule has 3 rings (SSSR count). The predicted octanol–water partition coefficient (Wildman–Crippen LogP) is 1.58. The average Bonchev–Trinajstić information content (AvgIpc) is 3.21. The van der Waals surface area contributed by atoms with Gasteiger partial charge in [-0.2, -0.15) is 4.31 Å². The summed E-state index contributed by atoms with van der Waals surface area (Å²) in [6.07, 6.45) is 1.38. The molecule has 0 amide bonds. The lowest BCUT2D eigenvalue weighted by Gasteiger charge is -2.35. The summed E-state index contributed by atoms with van der Waals surface area (Å²) in [5.74, 6) is 0.640. The van der Waals surface area contributed by atoms with Crippen molar-refractivity contribution in [2.75, 3.05) is 47.3 Å². The minimum Gasteiger partial charge on any atom is -0.364 e. The number of benzene rings is 1. The van der Waals surface area contributed by atoms with E-state index < -0.39 is 10.0 Å². The quantitative estimate of drug-likeness (QED) is 0.311. The van der Waals surface area contributed by atoms with Crippen LogP contribution >= 0.6 is 24.0 Å². The molecule has 1 aromatic carbocycles. The van der Waals surface area contributed by atoms with Gasteiger partial charge in [-0.3, -0.25) is 4.99 Å². The molecule has 0 unspecified atom stereocenters. The lowest BCUT2D eigenvalue weighted by Crippen LogP contribution is -2.53. The molecule has 1 aliphatic rings. The summed E-state index contributed by atoms with van der Waals surface area (Å²) in [5.41, 5.74) is 2.87. The van der Waals surface area contributed by atoms with Gasteiger partial charge >= 0.3 is 0 Å². The standard InChI is InChI=1S/C20H30N6O3S.HI/c1-21-20(22-14-17-5-4-6-18(13-17)15-24(2)3)25-8-10-26(11-9-25)30(27,28)16-19-7-12-29-23-19;/h4-7,12-13H,8-11,14-16H2,1-3H3,(H,21,22);1H. The first-order valence-electron chi connectivity index (χ1n) is 9.92. The normalized spacial score (nSPS) is 15.7. The van der Waals surface area contributed by atoms with Gasteiger partial charge in [-0.1, -0.05) is 29.4 Å². The van der Waals surface area contributed by atoms with Gasteiger partial charge < -0.3 is 19.6 Å². The SMILES string of the molecule is CN=C(NCc1cccc(CN(C)C)c1)N1CCN(S(=O)(=O)Cc2ccon2)CC1.I. The van der Waals surface area contributed by atoms with E-state index in [9.17, 15) is 8.42 Å². The zero-order valence-corrected chi connectivity index (χ0v) is 21.3. The molecule has 0 atom stereocenters. The molecule has 0 bridgehead atoms. The highest BCUT2D eigenvalue weighted by Gasteiger charge is 2.28. The maximum absolute atomic E-state index is 12.6. The van der Waals surface area contributed by atoms with Crippen LogP contribution in [-0.4, -0.2) is 81.0 Å². The Morgan fingerprint density at radius 1 is 1.19 bits per heavy atom. The molecule has 0 aliphatic carbocycles. The summed E-state index contributed by atoms with van der Waals surface area (Å²) < 4.78 is 31.4. The summed E-state index contributed by atoms with van der Waals surface area (Å²) in [7, 11) is 2.44. The predicted molar refractivity (Wildman–Crippen MR) is 132 cm³/mol. The monoisotopic (exact) mass is 562 g/mol. The first-order chi connectivity index (χ1) is 14.4. The number of halogens is 1. The van der Waals surface area contributed by atoms with Gasteiger partial charge in [-0.05, 0) is 25.2 Å². The molecule has 0 radical (unpaired) electrons. The number of piperazine rings is 1. The molecule has 11 heteroatoms. The number of sulfonamides is 1. The van der Waals surface area contributed by atoms with Crippen molar-refractivity contribution in [1.82, 2.24) is 24.6 Å². The summed E-state index contributed by atoms with van der Waals surface area (Å²) in [6.45, 7) is 3.56. The smallest absolute Gasteiger partial charge is 0.220 e. The molecule has 1 saturated heterocycles. The Labute approximate surface area is 201 Å². The molecule has 1 N–H and O–H groups in total. The third-order valence-electron chi connectivity index (χ3n) is 4.91. The highest BCUT2D eigenvalue weighted by atomic mass is 127. The van der Waals surface area contributed by atoms with Gasteiger partial charge in [-0.15, -0.1) is 24.0 Å². The Kier molecular flexibility index (Phi) is 9.72. The maximum atomic E-state index is 12.6. The van der Waals surface area contributed by atoms with Crippen LogP contribution in [0.1, 0.15) is 16.8 Å². The van der Waals surface area contributed by atoms with Crippen LogP contribution in [-0.2, 0) is 28.9 Å². The van der Waals surface area contributed by atoms with E-state index in [1.54, 1.807) is 13.1 Å². The van der Waals surface area contributed by atoms with E-state index in [0.29, 0.717) is 38.4 Å². The Balaban J connectivity index is 0.00000341. The average molecular weight is 562 g/mol. The van der Waals surface area contributed by atoms with Gasteiger partial charge in [-0.25, -0.2) is 8.42 Å². The molecule has 2 aromatic rings. The van der Waals surface area contributed by atoms with E-state index in [1.165, 1.54) is 21.7 Å². The molecule has 172 valence electrons. The number of aliphatic imine (C=N–C) groups is 1.